The summed E-state index contributed by atoms with van der Waals surface area (Å²) < 4.78 is 5.73. The van der Waals surface area contributed by atoms with Crippen LogP contribution in [0.2, 0.25) is 0 Å². The summed E-state index contributed by atoms with van der Waals surface area (Å²) in [4.78, 5) is 11.0. The monoisotopic (exact) mass is 346 g/mol. The zero-order valence-corrected chi connectivity index (χ0v) is 15.6. The molecule has 1 aromatic carbocycles. The normalized spacial score (nSPS) is 11.6. The number of nitrogens with one attached hydrogen (secondary N) is 1. The van der Waals surface area contributed by atoms with Crippen molar-refractivity contribution in [1.82, 2.24) is 15.2 Å². The lowest BCUT2D eigenvalue weighted by Crippen LogP contribution is -2.40. The van der Waals surface area contributed by atoms with E-state index in [0.29, 0.717) is 19.1 Å². The molecule has 2 aromatic rings. The number of guanidine groups is 1. The van der Waals surface area contributed by atoms with Gasteiger partial charge in [0.25, 0.3) is 0 Å². The summed E-state index contributed by atoms with van der Waals surface area (Å²) in [6, 6.07) is 9.84. The number of aromatic nitrogens is 1. The Morgan fingerprint density at radius 3 is 2.71 bits per heavy atom. The van der Waals surface area contributed by atoms with E-state index in [-0.39, 0.29) is 0 Å². The summed E-state index contributed by atoms with van der Waals surface area (Å²) in [5, 5.41) is 6.63. The Hall–Kier alpha value is -2.08. The summed E-state index contributed by atoms with van der Waals surface area (Å²) in [5.41, 5.74) is 1.05. The van der Waals surface area contributed by atoms with E-state index in [1.54, 1.807) is 18.4 Å². The lowest BCUT2D eigenvalue weighted by atomic mass is 10.2. The van der Waals surface area contributed by atoms with Gasteiger partial charge >= 0.3 is 0 Å². The molecule has 0 radical (unpaired) electrons. The number of benzene rings is 1. The minimum atomic E-state index is 0.473. The van der Waals surface area contributed by atoms with Crippen molar-refractivity contribution in [3.05, 3.63) is 46.4 Å². The molecular weight excluding hydrogens is 320 g/mol. The van der Waals surface area contributed by atoms with Gasteiger partial charge in [0.05, 0.1) is 23.8 Å². The molecule has 1 N–H and O–H groups in total. The van der Waals surface area contributed by atoms with Gasteiger partial charge in [-0.15, -0.1) is 11.3 Å². The maximum Gasteiger partial charge on any atom is 0.193 e. The van der Waals surface area contributed by atoms with Crippen LogP contribution in [0.25, 0.3) is 0 Å². The molecule has 0 aliphatic heterocycles. The molecule has 130 valence electrons. The average Bonchev–Trinajstić information content (AvgIpc) is 3.06. The third-order valence-corrected chi connectivity index (χ3v) is 4.70. The number of hydrogen-bond donors (Lipinski definition) is 1. The number of rotatable bonds is 7. The quantitative estimate of drug-likeness (QED) is 0.617. The number of thiazole rings is 1. The smallest absolute Gasteiger partial charge is 0.193 e. The predicted octanol–water partition coefficient (Wildman–Crippen LogP) is 3.35. The van der Waals surface area contributed by atoms with Crippen molar-refractivity contribution in [1.29, 1.82) is 0 Å². The number of para-hydroxylation sites is 1. The van der Waals surface area contributed by atoms with Gasteiger partial charge < -0.3 is 15.0 Å². The number of aliphatic imine (C=N–C) groups is 1. The first-order valence-corrected chi connectivity index (χ1v) is 9.02. The second kappa shape index (κ2) is 9.27. The fourth-order valence-corrected chi connectivity index (χ4v) is 2.98. The van der Waals surface area contributed by atoms with Crippen LogP contribution in [0.1, 0.15) is 30.5 Å². The average molecular weight is 346 g/mol. The fourth-order valence-electron chi connectivity index (χ4n) is 2.15. The minimum absolute atomic E-state index is 0.473. The second-order valence-corrected chi connectivity index (χ2v) is 6.71. The highest BCUT2D eigenvalue weighted by molar-refractivity contribution is 7.09. The summed E-state index contributed by atoms with van der Waals surface area (Å²) in [5.74, 6) is 2.20. The minimum Gasteiger partial charge on any atom is -0.492 e. The van der Waals surface area contributed by atoms with Gasteiger partial charge in [-0.25, -0.2) is 4.98 Å². The molecule has 0 bridgehead atoms. The molecule has 0 saturated carbocycles. The van der Waals surface area contributed by atoms with Gasteiger partial charge in [-0.3, -0.25) is 4.99 Å². The van der Waals surface area contributed by atoms with Crippen LogP contribution in [-0.4, -0.2) is 43.1 Å². The van der Waals surface area contributed by atoms with E-state index in [1.807, 2.05) is 37.4 Å². The van der Waals surface area contributed by atoms with Gasteiger partial charge in [0.2, 0.25) is 0 Å². The molecule has 0 saturated heterocycles. The summed E-state index contributed by atoms with van der Waals surface area (Å²) in [7, 11) is 3.79. The fraction of sp³-hybridized carbons (Fsp3) is 0.444. The molecule has 0 fully saturated rings. The van der Waals surface area contributed by atoms with Crippen LogP contribution in [0, 0.1) is 0 Å². The second-order valence-electron chi connectivity index (χ2n) is 5.82. The molecule has 2 rings (SSSR count). The number of ether oxygens (including phenoxy) is 1. The van der Waals surface area contributed by atoms with E-state index in [2.05, 4.69) is 39.4 Å². The van der Waals surface area contributed by atoms with Crippen molar-refractivity contribution in [2.24, 2.45) is 4.99 Å². The zero-order chi connectivity index (χ0) is 17.4. The lowest BCUT2D eigenvalue weighted by Gasteiger charge is -2.21. The Balaban J connectivity index is 1.77. The molecule has 1 aromatic heterocycles. The van der Waals surface area contributed by atoms with E-state index in [9.17, 15) is 0 Å². The molecule has 6 heteroatoms. The van der Waals surface area contributed by atoms with Crippen LogP contribution < -0.4 is 10.1 Å². The number of hydrogen-bond acceptors (Lipinski definition) is 4. The third kappa shape index (κ3) is 5.53. The van der Waals surface area contributed by atoms with E-state index in [1.165, 1.54) is 5.01 Å². The van der Waals surface area contributed by atoms with Crippen LogP contribution in [0.5, 0.6) is 5.75 Å². The molecule has 0 aliphatic carbocycles. The molecule has 1 heterocycles. The molecular formula is C18H26N4OS. The highest BCUT2D eigenvalue weighted by Crippen LogP contribution is 2.18. The number of likely N-dealkylation sites (N-methyl/N-ethyl adjacent to an activating group) is 1. The van der Waals surface area contributed by atoms with Gasteiger partial charge in [-0.2, -0.15) is 0 Å². The molecule has 0 atom stereocenters. The van der Waals surface area contributed by atoms with Crippen molar-refractivity contribution in [2.75, 3.05) is 27.2 Å². The Morgan fingerprint density at radius 2 is 2.08 bits per heavy atom. The third-order valence-electron chi connectivity index (χ3n) is 3.50. The van der Waals surface area contributed by atoms with E-state index >= 15 is 0 Å². The molecule has 0 aliphatic rings. The highest BCUT2D eigenvalue weighted by atomic mass is 32.1. The van der Waals surface area contributed by atoms with Crippen LogP contribution in [0.4, 0.5) is 0 Å². The summed E-state index contributed by atoms with van der Waals surface area (Å²) in [6.45, 7) is 6.36. The summed E-state index contributed by atoms with van der Waals surface area (Å²) >= 11 is 1.71. The molecule has 0 unspecified atom stereocenters. The van der Waals surface area contributed by atoms with E-state index < -0.39 is 0 Å². The van der Waals surface area contributed by atoms with E-state index in [0.717, 1.165) is 23.9 Å². The van der Waals surface area contributed by atoms with Crippen LogP contribution in [0.15, 0.2) is 40.7 Å². The lowest BCUT2D eigenvalue weighted by molar-refractivity contribution is 0.281. The van der Waals surface area contributed by atoms with Gasteiger partial charge in [0.1, 0.15) is 12.4 Å². The Kier molecular flexibility index (Phi) is 7.06. The molecule has 24 heavy (non-hydrogen) atoms. The Bertz CT molecular complexity index is 639. The van der Waals surface area contributed by atoms with Crippen molar-refractivity contribution in [3.63, 3.8) is 0 Å². The Morgan fingerprint density at radius 1 is 1.33 bits per heavy atom. The van der Waals surface area contributed by atoms with Gasteiger partial charge in [-0.05, 0) is 12.1 Å². The maximum absolute atomic E-state index is 5.73. The van der Waals surface area contributed by atoms with Crippen LogP contribution >= 0.6 is 11.3 Å². The van der Waals surface area contributed by atoms with E-state index in [4.69, 9.17) is 4.74 Å². The first-order chi connectivity index (χ1) is 11.6. The van der Waals surface area contributed by atoms with Crippen LogP contribution in [-0.2, 0) is 6.54 Å². The summed E-state index contributed by atoms with van der Waals surface area (Å²) in [6.07, 6.45) is 0. The van der Waals surface area contributed by atoms with Crippen molar-refractivity contribution in [2.45, 2.75) is 26.3 Å². The Labute approximate surface area is 148 Å². The zero-order valence-electron chi connectivity index (χ0n) is 14.8. The van der Waals surface area contributed by atoms with Gasteiger partial charge in [0.15, 0.2) is 5.96 Å². The highest BCUT2D eigenvalue weighted by Gasteiger charge is 2.09. The SMILES string of the molecule is CN=C(NCc1csc(C(C)C)n1)N(C)CCOc1ccccc1. The van der Waals surface area contributed by atoms with Gasteiger partial charge in [-0.1, -0.05) is 32.0 Å². The first-order valence-electron chi connectivity index (χ1n) is 8.14. The van der Waals surface area contributed by atoms with Crippen molar-refractivity contribution in [3.8, 4) is 5.75 Å². The molecule has 0 amide bonds. The van der Waals surface area contributed by atoms with Crippen molar-refractivity contribution >= 4 is 17.3 Å². The molecule has 0 spiro atoms. The van der Waals surface area contributed by atoms with Crippen LogP contribution in [0.3, 0.4) is 0 Å². The standard InChI is InChI=1S/C18H26N4OS/c1-14(2)17-21-15(13-24-17)12-20-18(19-3)22(4)10-11-23-16-8-6-5-7-9-16/h5-9,13-14H,10-12H2,1-4H3,(H,19,20). The number of nitrogens with zero attached hydrogens (tertiary/aromatic N) is 3. The largest absolute Gasteiger partial charge is 0.492 e. The first kappa shape index (κ1) is 18.3. The maximum atomic E-state index is 5.73. The topological polar surface area (TPSA) is 49.8 Å². The predicted molar refractivity (Wildman–Crippen MR) is 101 cm³/mol. The molecule has 5 nitrogen and oxygen atoms in total. The van der Waals surface area contributed by atoms with Gasteiger partial charge in [0, 0.05) is 25.4 Å². The van der Waals surface area contributed by atoms with Crippen molar-refractivity contribution < 1.29 is 4.74 Å².